The monoisotopic (exact) mass is 406 g/mol. The van der Waals surface area contributed by atoms with Gasteiger partial charge >= 0.3 is 0 Å². The van der Waals surface area contributed by atoms with Crippen molar-refractivity contribution in [2.45, 2.75) is 19.4 Å². The summed E-state index contributed by atoms with van der Waals surface area (Å²) in [5.41, 5.74) is 3.77. The Labute approximate surface area is 175 Å². The van der Waals surface area contributed by atoms with Crippen molar-refractivity contribution in [3.8, 4) is 16.9 Å². The third-order valence-electron chi connectivity index (χ3n) is 6.00. The lowest BCUT2D eigenvalue weighted by atomic mass is 10.0. The van der Waals surface area contributed by atoms with E-state index >= 15 is 0 Å². The molecule has 2 atom stereocenters. The highest BCUT2D eigenvalue weighted by Gasteiger charge is 2.28. The van der Waals surface area contributed by atoms with Gasteiger partial charge in [0.1, 0.15) is 23.2 Å². The number of nitrogens with one attached hydrogen (secondary N) is 3. The molecule has 0 radical (unpaired) electrons. The highest BCUT2D eigenvalue weighted by Crippen LogP contribution is 2.33. The van der Waals surface area contributed by atoms with Gasteiger partial charge in [0.05, 0.1) is 11.8 Å². The lowest BCUT2D eigenvalue weighted by Gasteiger charge is -2.28. The Kier molecular flexibility index (Phi) is 5.00. The Bertz CT molecular complexity index is 1040. The second-order valence-electron chi connectivity index (χ2n) is 8.01. The molecule has 2 aliphatic rings. The molecule has 2 aromatic heterocycles. The minimum absolute atomic E-state index is 0.0877. The van der Waals surface area contributed by atoms with E-state index in [2.05, 4.69) is 43.7 Å². The van der Waals surface area contributed by atoms with Gasteiger partial charge in [-0.3, -0.25) is 4.79 Å². The van der Waals surface area contributed by atoms with Crippen LogP contribution in [0.15, 0.2) is 36.8 Å². The quantitative estimate of drug-likeness (QED) is 0.599. The number of aromatic amines is 1. The van der Waals surface area contributed by atoms with Crippen LogP contribution in [0, 0.1) is 5.92 Å². The zero-order valence-electron chi connectivity index (χ0n) is 17.0. The average molecular weight is 406 g/mol. The Morgan fingerprint density at radius 2 is 2.03 bits per heavy atom. The van der Waals surface area contributed by atoms with E-state index in [1.54, 1.807) is 6.33 Å². The topological polar surface area (TPSA) is 95.2 Å². The third kappa shape index (κ3) is 3.70. The molecule has 8 heteroatoms. The molecule has 2 fully saturated rings. The third-order valence-corrected chi connectivity index (χ3v) is 6.00. The number of pyridine rings is 1. The van der Waals surface area contributed by atoms with Crippen molar-refractivity contribution in [3.63, 3.8) is 0 Å². The van der Waals surface area contributed by atoms with Crippen LogP contribution in [0.1, 0.15) is 13.3 Å². The van der Waals surface area contributed by atoms with E-state index in [0.717, 1.165) is 59.9 Å². The van der Waals surface area contributed by atoms with Crippen LogP contribution in [-0.2, 0) is 4.79 Å². The van der Waals surface area contributed by atoms with E-state index in [1.165, 1.54) is 0 Å². The number of rotatable bonds is 5. The summed E-state index contributed by atoms with van der Waals surface area (Å²) in [7, 11) is 0. The molecule has 2 saturated heterocycles. The molecule has 5 rings (SSSR count). The number of carbonyl (C=O) groups is 1. The predicted molar refractivity (Wildman–Crippen MR) is 116 cm³/mol. The maximum Gasteiger partial charge on any atom is 0.220 e. The van der Waals surface area contributed by atoms with Crippen LogP contribution >= 0.6 is 0 Å². The maximum absolute atomic E-state index is 11.6. The molecule has 1 aromatic carbocycles. The number of ether oxygens (including phenoxy) is 1. The highest BCUT2D eigenvalue weighted by atomic mass is 16.5. The fraction of sp³-hybridized carbons (Fsp3) is 0.409. The van der Waals surface area contributed by atoms with Crippen molar-refractivity contribution in [1.82, 2.24) is 25.6 Å². The van der Waals surface area contributed by atoms with Gasteiger partial charge in [-0.2, -0.15) is 0 Å². The van der Waals surface area contributed by atoms with Gasteiger partial charge in [0, 0.05) is 56.8 Å². The number of imidazole rings is 1. The molecule has 4 heterocycles. The molecule has 0 bridgehead atoms. The van der Waals surface area contributed by atoms with Crippen LogP contribution in [0.2, 0.25) is 0 Å². The summed E-state index contributed by atoms with van der Waals surface area (Å²) in [4.78, 5) is 26.2. The van der Waals surface area contributed by atoms with Gasteiger partial charge in [-0.05, 0) is 36.8 Å². The summed E-state index contributed by atoms with van der Waals surface area (Å²) < 4.78 is 6.29. The van der Waals surface area contributed by atoms with Gasteiger partial charge in [0.2, 0.25) is 5.91 Å². The summed E-state index contributed by atoms with van der Waals surface area (Å²) >= 11 is 0. The SMILES string of the molecule is C[C@@H](Oc1cc(-c2ccc(N3CCNCC3)nc2)cc2[nH]cnc12)[C@H]1CNC(=O)C1. The molecular weight excluding hydrogens is 380 g/mol. The number of fused-ring (bicyclic) bond motifs is 1. The number of anilines is 1. The number of H-pyrrole nitrogens is 1. The highest BCUT2D eigenvalue weighted by molar-refractivity contribution is 5.87. The normalized spacial score (nSPS) is 20.4. The molecule has 0 unspecified atom stereocenters. The fourth-order valence-electron chi connectivity index (χ4n) is 4.17. The first-order chi connectivity index (χ1) is 14.7. The first-order valence-corrected chi connectivity index (χ1v) is 10.5. The first kappa shape index (κ1) is 18.9. The fourth-order valence-corrected chi connectivity index (χ4v) is 4.17. The van der Waals surface area contributed by atoms with Gasteiger partial charge in [0.15, 0.2) is 0 Å². The zero-order valence-corrected chi connectivity index (χ0v) is 17.0. The van der Waals surface area contributed by atoms with E-state index < -0.39 is 0 Å². The van der Waals surface area contributed by atoms with Crippen LogP contribution in [0.25, 0.3) is 22.2 Å². The van der Waals surface area contributed by atoms with Gasteiger partial charge in [-0.15, -0.1) is 0 Å². The van der Waals surface area contributed by atoms with E-state index in [1.807, 2.05) is 19.2 Å². The molecule has 30 heavy (non-hydrogen) atoms. The molecule has 2 aliphatic heterocycles. The van der Waals surface area contributed by atoms with Crippen LogP contribution in [-0.4, -0.2) is 59.7 Å². The summed E-state index contributed by atoms with van der Waals surface area (Å²) in [5.74, 6) is 1.98. The molecule has 156 valence electrons. The Morgan fingerprint density at radius 1 is 1.17 bits per heavy atom. The number of carbonyl (C=O) groups excluding carboxylic acids is 1. The van der Waals surface area contributed by atoms with E-state index in [9.17, 15) is 4.79 Å². The lowest BCUT2D eigenvalue weighted by Crippen LogP contribution is -2.43. The Balaban J connectivity index is 1.41. The minimum Gasteiger partial charge on any atom is -0.488 e. The molecule has 3 N–H and O–H groups in total. The smallest absolute Gasteiger partial charge is 0.220 e. The number of amides is 1. The summed E-state index contributed by atoms with van der Waals surface area (Å²) in [5, 5.41) is 6.25. The standard InChI is InChI=1S/C22H26N6O2/c1-14(17-10-21(29)25-12-17)30-19-9-16(8-18-22(19)27-13-26-18)15-2-3-20(24-11-15)28-6-4-23-5-7-28/h2-3,8-9,11,13-14,17,23H,4-7,10,12H2,1H3,(H,25,29)(H,26,27)/t14-,17-/m1/s1. The molecule has 3 aromatic rings. The number of hydrogen-bond donors (Lipinski definition) is 3. The van der Waals surface area contributed by atoms with Crippen molar-refractivity contribution in [3.05, 3.63) is 36.8 Å². The van der Waals surface area contributed by atoms with Gasteiger partial charge in [-0.25, -0.2) is 9.97 Å². The average Bonchev–Trinajstić information content (AvgIpc) is 3.43. The van der Waals surface area contributed by atoms with Crippen LogP contribution in [0.4, 0.5) is 5.82 Å². The van der Waals surface area contributed by atoms with Gasteiger partial charge < -0.3 is 25.3 Å². The Hall–Kier alpha value is -3.13. The van der Waals surface area contributed by atoms with Crippen LogP contribution in [0.3, 0.4) is 0 Å². The van der Waals surface area contributed by atoms with Crippen molar-refractivity contribution < 1.29 is 9.53 Å². The molecule has 8 nitrogen and oxygen atoms in total. The summed E-state index contributed by atoms with van der Waals surface area (Å²) in [6.07, 6.45) is 4.01. The lowest BCUT2D eigenvalue weighted by molar-refractivity contribution is -0.119. The van der Waals surface area contributed by atoms with E-state index in [0.29, 0.717) is 13.0 Å². The number of aromatic nitrogens is 3. The molecular formula is C22H26N6O2. The number of nitrogens with zero attached hydrogens (tertiary/aromatic N) is 3. The number of hydrogen-bond acceptors (Lipinski definition) is 6. The van der Waals surface area contributed by atoms with Crippen molar-refractivity contribution in [1.29, 1.82) is 0 Å². The van der Waals surface area contributed by atoms with E-state index in [-0.39, 0.29) is 17.9 Å². The van der Waals surface area contributed by atoms with Crippen molar-refractivity contribution in [2.75, 3.05) is 37.6 Å². The second-order valence-corrected chi connectivity index (χ2v) is 8.01. The summed E-state index contributed by atoms with van der Waals surface area (Å²) in [6.45, 7) is 6.59. The van der Waals surface area contributed by atoms with Crippen molar-refractivity contribution >= 4 is 22.8 Å². The van der Waals surface area contributed by atoms with Crippen molar-refractivity contribution in [2.24, 2.45) is 5.92 Å². The predicted octanol–water partition coefficient (Wildman–Crippen LogP) is 1.94. The summed E-state index contributed by atoms with van der Waals surface area (Å²) in [6, 6.07) is 8.28. The van der Waals surface area contributed by atoms with Crippen LogP contribution < -0.4 is 20.3 Å². The van der Waals surface area contributed by atoms with Gasteiger partial charge in [0.25, 0.3) is 0 Å². The molecule has 0 aliphatic carbocycles. The van der Waals surface area contributed by atoms with Gasteiger partial charge in [-0.1, -0.05) is 0 Å². The number of piperazine rings is 1. The number of benzene rings is 1. The minimum atomic E-state index is -0.0905. The Morgan fingerprint density at radius 3 is 2.77 bits per heavy atom. The van der Waals surface area contributed by atoms with Crippen LogP contribution in [0.5, 0.6) is 5.75 Å². The first-order valence-electron chi connectivity index (χ1n) is 10.5. The largest absolute Gasteiger partial charge is 0.488 e. The van der Waals surface area contributed by atoms with E-state index in [4.69, 9.17) is 9.72 Å². The maximum atomic E-state index is 11.6. The molecule has 0 spiro atoms. The zero-order chi connectivity index (χ0) is 20.5. The second kappa shape index (κ2) is 7.95. The molecule has 0 saturated carbocycles. The molecule has 1 amide bonds.